The van der Waals surface area contributed by atoms with Crippen molar-refractivity contribution < 1.29 is 19.1 Å². The summed E-state index contributed by atoms with van der Waals surface area (Å²) in [4.78, 5) is 26.3. The number of benzene rings is 2. The topological polar surface area (TPSA) is 55.8 Å². The van der Waals surface area contributed by atoms with Gasteiger partial charge in [-0.15, -0.1) is 0 Å². The number of carbonyl (C=O) groups excluding carboxylic acids is 2. The Labute approximate surface area is 134 Å². The van der Waals surface area contributed by atoms with E-state index in [1.54, 1.807) is 44.6 Å². The standard InChI is InChI=1S/C18H17NO4/c1-22-13-9-7-12(8-10-13)19-11-15(17(20)18(19)21)14-5-3-4-6-16(14)23-2/h3-10,15H,11H2,1-2H3. The van der Waals surface area contributed by atoms with Crippen molar-refractivity contribution in [3.8, 4) is 11.5 Å². The van der Waals surface area contributed by atoms with Crippen LogP contribution in [-0.2, 0) is 9.59 Å². The first-order valence-corrected chi connectivity index (χ1v) is 7.28. The molecule has 1 atom stereocenters. The van der Waals surface area contributed by atoms with Gasteiger partial charge in [-0.2, -0.15) is 0 Å². The molecule has 2 aromatic rings. The van der Waals surface area contributed by atoms with Crippen molar-refractivity contribution >= 4 is 17.4 Å². The third-order valence-corrected chi connectivity index (χ3v) is 4.04. The van der Waals surface area contributed by atoms with E-state index in [4.69, 9.17) is 9.47 Å². The van der Waals surface area contributed by atoms with Crippen LogP contribution in [0, 0.1) is 0 Å². The molecule has 0 saturated carbocycles. The molecule has 118 valence electrons. The molecule has 0 spiro atoms. The summed E-state index contributed by atoms with van der Waals surface area (Å²) in [5.41, 5.74) is 1.42. The molecule has 5 heteroatoms. The van der Waals surface area contributed by atoms with Gasteiger partial charge >= 0.3 is 0 Å². The van der Waals surface area contributed by atoms with Gasteiger partial charge in [0.1, 0.15) is 11.5 Å². The van der Waals surface area contributed by atoms with E-state index < -0.39 is 17.6 Å². The maximum Gasteiger partial charge on any atom is 0.295 e. The van der Waals surface area contributed by atoms with Crippen LogP contribution >= 0.6 is 0 Å². The Morgan fingerprint density at radius 3 is 2.30 bits per heavy atom. The number of ketones is 1. The molecule has 1 aliphatic heterocycles. The highest BCUT2D eigenvalue weighted by molar-refractivity contribution is 6.45. The van der Waals surface area contributed by atoms with Gasteiger partial charge in [0, 0.05) is 17.8 Å². The highest BCUT2D eigenvalue weighted by atomic mass is 16.5. The Bertz CT molecular complexity index is 739. The van der Waals surface area contributed by atoms with E-state index in [0.29, 0.717) is 23.7 Å². The summed E-state index contributed by atoms with van der Waals surface area (Å²) in [5.74, 6) is -0.0969. The van der Waals surface area contributed by atoms with Gasteiger partial charge < -0.3 is 14.4 Å². The van der Waals surface area contributed by atoms with Crippen LogP contribution in [0.15, 0.2) is 48.5 Å². The molecule has 0 aliphatic carbocycles. The number of amides is 1. The summed E-state index contributed by atoms with van der Waals surface area (Å²) < 4.78 is 10.4. The van der Waals surface area contributed by atoms with Gasteiger partial charge in [-0.05, 0) is 30.3 Å². The maximum atomic E-state index is 12.4. The van der Waals surface area contributed by atoms with E-state index in [-0.39, 0.29) is 0 Å². The Morgan fingerprint density at radius 2 is 1.65 bits per heavy atom. The second kappa shape index (κ2) is 6.12. The van der Waals surface area contributed by atoms with Crippen LogP contribution in [0.4, 0.5) is 5.69 Å². The number of nitrogens with zero attached hydrogens (tertiary/aromatic N) is 1. The molecule has 0 aromatic heterocycles. The Balaban J connectivity index is 1.91. The van der Waals surface area contributed by atoms with Crippen LogP contribution in [0.3, 0.4) is 0 Å². The van der Waals surface area contributed by atoms with E-state index in [1.807, 2.05) is 18.2 Å². The SMILES string of the molecule is COc1ccc(N2CC(c3ccccc3OC)C(=O)C2=O)cc1. The fraction of sp³-hybridized carbons (Fsp3) is 0.222. The fourth-order valence-corrected chi connectivity index (χ4v) is 2.81. The summed E-state index contributed by atoms with van der Waals surface area (Å²) in [6, 6.07) is 14.4. The van der Waals surface area contributed by atoms with Crippen molar-refractivity contribution in [3.05, 3.63) is 54.1 Å². The van der Waals surface area contributed by atoms with Gasteiger partial charge in [0.2, 0.25) is 5.78 Å². The van der Waals surface area contributed by atoms with Gasteiger partial charge in [0.05, 0.1) is 20.1 Å². The van der Waals surface area contributed by atoms with E-state index >= 15 is 0 Å². The summed E-state index contributed by atoms with van der Waals surface area (Å²) in [7, 11) is 3.14. The summed E-state index contributed by atoms with van der Waals surface area (Å²) in [6.45, 7) is 0.310. The highest BCUT2D eigenvalue weighted by Gasteiger charge is 2.41. The van der Waals surface area contributed by atoms with Gasteiger partial charge in [-0.25, -0.2) is 0 Å². The smallest absolute Gasteiger partial charge is 0.295 e. The molecule has 1 fully saturated rings. The molecule has 1 aliphatic rings. The van der Waals surface area contributed by atoms with Gasteiger partial charge in [0.25, 0.3) is 5.91 Å². The summed E-state index contributed by atoms with van der Waals surface area (Å²) in [5, 5.41) is 0. The zero-order chi connectivity index (χ0) is 16.4. The van der Waals surface area contributed by atoms with Crippen LogP contribution in [0.2, 0.25) is 0 Å². The molecule has 0 N–H and O–H groups in total. The first kappa shape index (κ1) is 15.1. The number of anilines is 1. The summed E-state index contributed by atoms with van der Waals surface area (Å²) >= 11 is 0. The zero-order valence-electron chi connectivity index (χ0n) is 13.0. The maximum absolute atomic E-state index is 12.4. The average molecular weight is 311 g/mol. The number of hydrogen-bond donors (Lipinski definition) is 0. The lowest BCUT2D eigenvalue weighted by Gasteiger charge is -2.17. The molecule has 1 amide bonds. The lowest BCUT2D eigenvalue weighted by atomic mass is 9.96. The molecule has 1 unspecified atom stereocenters. The largest absolute Gasteiger partial charge is 0.497 e. The Hall–Kier alpha value is -2.82. The Kier molecular flexibility index (Phi) is 4.02. The molecule has 2 aromatic carbocycles. The summed E-state index contributed by atoms with van der Waals surface area (Å²) in [6.07, 6.45) is 0. The monoisotopic (exact) mass is 311 g/mol. The first-order chi connectivity index (χ1) is 11.2. The number of methoxy groups -OCH3 is 2. The predicted molar refractivity (Wildman–Crippen MR) is 86.1 cm³/mol. The lowest BCUT2D eigenvalue weighted by molar-refractivity contribution is -0.134. The van der Waals surface area contributed by atoms with Crippen LogP contribution in [0.25, 0.3) is 0 Å². The first-order valence-electron chi connectivity index (χ1n) is 7.28. The fourth-order valence-electron chi connectivity index (χ4n) is 2.81. The van der Waals surface area contributed by atoms with E-state index in [0.717, 1.165) is 5.56 Å². The molecule has 1 saturated heterocycles. The molecule has 23 heavy (non-hydrogen) atoms. The van der Waals surface area contributed by atoms with Gasteiger partial charge in [-0.3, -0.25) is 9.59 Å². The quantitative estimate of drug-likeness (QED) is 0.814. The van der Waals surface area contributed by atoms with Gasteiger partial charge in [0.15, 0.2) is 0 Å². The number of Topliss-reactive ketones (excluding diaryl/α,β-unsaturated/α-hetero) is 1. The molecule has 1 heterocycles. The van der Waals surface area contributed by atoms with E-state index in [2.05, 4.69) is 0 Å². The van der Waals surface area contributed by atoms with E-state index in [1.165, 1.54) is 4.90 Å². The third-order valence-electron chi connectivity index (χ3n) is 4.04. The third kappa shape index (κ3) is 2.65. The highest BCUT2D eigenvalue weighted by Crippen LogP contribution is 2.34. The van der Waals surface area contributed by atoms with E-state index in [9.17, 15) is 9.59 Å². The van der Waals surface area contributed by atoms with Crippen LogP contribution in [0.5, 0.6) is 11.5 Å². The van der Waals surface area contributed by atoms with Crippen LogP contribution < -0.4 is 14.4 Å². The number of rotatable bonds is 4. The van der Waals surface area contributed by atoms with Crippen molar-refractivity contribution in [1.82, 2.24) is 0 Å². The molecule has 5 nitrogen and oxygen atoms in total. The van der Waals surface area contributed by atoms with Crippen molar-refractivity contribution in [1.29, 1.82) is 0 Å². The van der Waals surface area contributed by atoms with Crippen LogP contribution in [0.1, 0.15) is 11.5 Å². The molecule has 3 rings (SSSR count). The predicted octanol–water partition coefficient (Wildman–Crippen LogP) is 2.40. The minimum Gasteiger partial charge on any atom is -0.497 e. The number of hydrogen-bond acceptors (Lipinski definition) is 4. The van der Waals surface area contributed by atoms with Crippen molar-refractivity contribution in [2.24, 2.45) is 0 Å². The van der Waals surface area contributed by atoms with Gasteiger partial charge in [-0.1, -0.05) is 18.2 Å². The normalized spacial score (nSPS) is 17.5. The Morgan fingerprint density at radius 1 is 0.957 bits per heavy atom. The molecule has 0 radical (unpaired) electrons. The van der Waals surface area contributed by atoms with Crippen molar-refractivity contribution in [2.45, 2.75) is 5.92 Å². The van der Waals surface area contributed by atoms with Crippen molar-refractivity contribution in [3.63, 3.8) is 0 Å². The average Bonchev–Trinajstić information content (AvgIpc) is 2.90. The minimum atomic E-state index is -0.513. The minimum absolute atomic E-state index is 0.310. The molecule has 0 bridgehead atoms. The number of para-hydroxylation sites is 1. The molecular formula is C18H17NO4. The molecular weight excluding hydrogens is 294 g/mol. The number of ether oxygens (including phenoxy) is 2. The van der Waals surface area contributed by atoms with Crippen molar-refractivity contribution in [2.75, 3.05) is 25.7 Å². The van der Waals surface area contributed by atoms with Crippen LogP contribution in [-0.4, -0.2) is 32.5 Å². The lowest BCUT2D eigenvalue weighted by Crippen LogP contribution is -2.26. The zero-order valence-corrected chi connectivity index (χ0v) is 13.0. The second-order valence-corrected chi connectivity index (χ2v) is 5.27. The number of carbonyl (C=O) groups is 2. The second-order valence-electron chi connectivity index (χ2n) is 5.27.